The minimum absolute atomic E-state index is 0.00530. The summed E-state index contributed by atoms with van der Waals surface area (Å²) in [4.78, 5) is 6.59. The van der Waals surface area contributed by atoms with Crippen LogP contribution in [0, 0.1) is 0 Å². The first-order valence-corrected chi connectivity index (χ1v) is 6.65. The molecule has 2 atom stereocenters. The minimum atomic E-state index is -0.00530. The summed E-state index contributed by atoms with van der Waals surface area (Å²) in [5.41, 5.74) is 6.67. The summed E-state index contributed by atoms with van der Waals surface area (Å²) >= 11 is 5.94. The van der Waals surface area contributed by atoms with Crippen LogP contribution in [0.1, 0.15) is 6.92 Å². The van der Waals surface area contributed by atoms with Gasteiger partial charge in [-0.2, -0.15) is 4.98 Å². The molecule has 1 aliphatic heterocycles. The first kappa shape index (κ1) is 12.7. The Morgan fingerprint density at radius 1 is 1.53 bits per heavy atom. The van der Waals surface area contributed by atoms with Crippen molar-refractivity contribution in [1.82, 2.24) is 14.6 Å². The van der Waals surface area contributed by atoms with E-state index in [1.165, 1.54) is 0 Å². The molecule has 3 rings (SSSR count). The van der Waals surface area contributed by atoms with E-state index in [-0.39, 0.29) is 12.1 Å². The van der Waals surface area contributed by atoms with Crippen molar-refractivity contribution in [3.05, 3.63) is 23.4 Å². The molecule has 2 N–H and O–H groups in total. The Morgan fingerprint density at radius 3 is 3.16 bits per heavy atom. The zero-order valence-electron chi connectivity index (χ0n) is 10.7. The highest BCUT2D eigenvalue weighted by atomic mass is 35.5. The summed E-state index contributed by atoms with van der Waals surface area (Å²) in [7, 11) is 0. The molecular weight excluding hydrogens is 266 g/mol. The summed E-state index contributed by atoms with van der Waals surface area (Å²) < 4.78 is 7.32. The molecule has 19 heavy (non-hydrogen) atoms. The highest BCUT2D eigenvalue weighted by molar-refractivity contribution is 6.30. The van der Waals surface area contributed by atoms with E-state index < -0.39 is 0 Å². The van der Waals surface area contributed by atoms with Crippen LogP contribution >= 0.6 is 11.6 Å². The quantitative estimate of drug-likeness (QED) is 0.887. The third-order valence-corrected chi connectivity index (χ3v) is 3.47. The number of anilines is 1. The molecule has 1 aliphatic rings. The van der Waals surface area contributed by atoms with Gasteiger partial charge in [0.25, 0.3) is 0 Å². The number of hydrogen-bond donors (Lipinski definition) is 1. The number of nitrogens with zero attached hydrogens (tertiary/aromatic N) is 4. The lowest BCUT2D eigenvalue weighted by molar-refractivity contribution is 0.0271. The number of aromatic nitrogens is 3. The molecule has 0 aliphatic carbocycles. The number of pyridine rings is 1. The lowest BCUT2D eigenvalue weighted by atomic mass is 10.1. The molecule has 1 fully saturated rings. The van der Waals surface area contributed by atoms with Gasteiger partial charge in [-0.1, -0.05) is 11.6 Å². The molecule has 0 spiro atoms. The van der Waals surface area contributed by atoms with Crippen LogP contribution in [0.4, 0.5) is 5.95 Å². The molecule has 2 unspecified atom stereocenters. The van der Waals surface area contributed by atoms with Crippen LogP contribution in [-0.4, -0.2) is 46.4 Å². The fourth-order valence-corrected chi connectivity index (χ4v) is 2.31. The number of nitrogens with two attached hydrogens (primary N) is 1. The lowest BCUT2D eigenvalue weighted by Gasteiger charge is -2.33. The van der Waals surface area contributed by atoms with E-state index in [1.54, 1.807) is 16.8 Å². The van der Waals surface area contributed by atoms with Gasteiger partial charge in [-0.25, -0.2) is 4.52 Å². The zero-order valence-corrected chi connectivity index (χ0v) is 11.4. The van der Waals surface area contributed by atoms with E-state index in [0.29, 0.717) is 24.1 Å². The zero-order chi connectivity index (χ0) is 13.4. The van der Waals surface area contributed by atoms with Crippen LogP contribution in [0.25, 0.3) is 5.65 Å². The number of rotatable bonds is 2. The van der Waals surface area contributed by atoms with Crippen LogP contribution in [0.5, 0.6) is 0 Å². The number of hydrogen-bond acceptors (Lipinski definition) is 5. The van der Waals surface area contributed by atoms with E-state index >= 15 is 0 Å². The van der Waals surface area contributed by atoms with Crippen LogP contribution in [0.3, 0.4) is 0 Å². The Bertz CT molecular complexity index is 585. The Hall–Kier alpha value is -1.37. The number of morpholine rings is 1. The fourth-order valence-electron chi connectivity index (χ4n) is 2.16. The molecule has 0 saturated carbocycles. The fraction of sp³-hybridized carbons (Fsp3) is 0.500. The summed E-state index contributed by atoms with van der Waals surface area (Å²) in [5, 5.41) is 5.08. The van der Waals surface area contributed by atoms with E-state index in [0.717, 1.165) is 12.2 Å². The standard InChI is InChI=1S/C12H16ClN5O/c1-8(14)10-7-17(4-5-19-10)12-15-11-3-2-9(13)6-18(11)16-12/h2-3,6,8,10H,4-5,7,14H2,1H3. The summed E-state index contributed by atoms with van der Waals surface area (Å²) in [6, 6.07) is 3.65. The lowest BCUT2D eigenvalue weighted by Crippen LogP contribution is -2.50. The Morgan fingerprint density at radius 2 is 2.37 bits per heavy atom. The van der Waals surface area contributed by atoms with Crippen molar-refractivity contribution >= 4 is 23.2 Å². The summed E-state index contributed by atoms with van der Waals surface area (Å²) in [5.74, 6) is 0.691. The van der Waals surface area contributed by atoms with Crippen LogP contribution in [-0.2, 0) is 4.74 Å². The maximum Gasteiger partial charge on any atom is 0.245 e. The van der Waals surface area contributed by atoms with Gasteiger partial charge in [0.05, 0.1) is 17.7 Å². The number of fused-ring (bicyclic) bond motifs is 1. The van der Waals surface area contributed by atoms with Gasteiger partial charge in [0.15, 0.2) is 5.65 Å². The molecule has 7 heteroatoms. The van der Waals surface area contributed by atoms with Gasteiger partial charge in [0.1, 0.15) is 0 Å². The van der Waals surface area contributed by atoms with Crippen molar-refractivity contribution in [3.63, 3.8) is 0 Å². The Labute approximate surface area is 116 Å². The van der Waals surface area contributed by atoms with Gasteiger partial charge in [-0.15, -0.1) is 5.10 Å². The predicted molar refractivity (Wildman–Crippen MR) is 73.6 cm³/mol. The van der Waals surface area contributed by atoms with Crippen molar-refractivity contribution in [2.45, 2.75) is 19.1 Å². The van der Waals surface area contributed by atoms with E-state index in [1.807, 2.05) is 13.0 Å². The first-order chi connectivity index (χ1) is 9.13. The van der Waals surface area contributed by atoms with Crippen LogP contribution < -0.4 is 10.6 Å². The second-order valence-corrected chi connectivity index (χ2v) is 5.21. The molecule has 3 heterocycles. The molecule has 0 radical (unpaired) electrons. The molecule has 1 saturated heterocycles. The normalized spacial score (nSPS) is 21.8. The first-order valence-electron chi connectivity index (χ1n) is 6.27. The second-order valence-electron chi connectivity index (χ2n) is 4.78. The van der Waals surface area contributed by atoms with Gasteiger partial charge in [0, 0.05) is 25.3 Å². The third-order valence-electron chi connectivity index (χ3n) is 3.25. The minimum Gasteiger partial charge on any atom is -0.373 e. The van der Waals surface area contributed by atoms with Crippen molar-refractivity contribution in [1.29, 1.82) is 0 Å². The molecule has 2 aromatic heterocycles. The van der Waals surface area contributed by atoms with E-state index in [4.69, 9.17) is 22.1 Å². The largest absolute Gasteiger partial charge is 0.373 e. The average molecular weight is 282 g/mol. The average Bonchev–Trinajstić information content (AvgIpc) is 2.81. The summed E-state index contributed by atoms with van der Waals surface area (Å²) in [6.45, 7) is 4.07. The highest BCUT2D eigenvalue weighted by Crippen LogP contribution is 2.17. The predicted octanol–water partition coefficient (Wildman–Crippen LogP) is 0.935. The van der Waals surface area contributed by atoms with Gasteiger partial charge in [-0.05, 0) is 19.1 Å². The number of ether oxygens (including phenoxy) is 1. The molecule has 0 bridgehead atoms. The topological polar surface area (TPSA) is 68.7 Å². The second kappa shape index (κ2) is 4.96. The third kappa shape index (κ3) is 2.51. The van der Waals surface area contributed by atoms with Crippen LogP contribution in [0.15, 0.2) is 18.3 Å². The molecule has 102 valence electrons. The maximum atomic E-state index is 5.94. The van der Waals surface area contributed by atoms with Crippen molar-refractivity contribution in [2.75, 3.05) is 24.6 Å². The molecule has 0 amide bonds. The van der Waals surface area contributed by atoms with E-state index in [2.05, 4.69) is 15.0 Å². The van der Waals surface area contributed by atoms with Gasteiger partial charge < -0.3 is 15.4 Å². The van der Waals surface area contributed by atoms with Gasteiger partial charge >= 0.3 is 0 Å². The highest BCUT2D eigenvalue weighted by Gasteiger charge is 2.25. The SMILES string of the molecule is CC(N)C1CN(c2nc3ccc(Cl)cn3n2)CCO1. The van der Waals surface area contributed by atoms with Crippen LogP contribution in [0.2, 0.25) is 5.02 Å². The Balaban J connectivity index is 1.87. The van der Waals surface area contributed by atoms with Crippen molar-refractivity contribution < 1.29 is 4.74 Å². The smallest absolute Gasteiger partial charge is 0.245 e. The summed E-state index contributed by atoms with van der Waals surface area (Å²) in [6.07, 6.45) is 1.76. The maximum absolute atomic E-state index is 5.94. The van der Waals surface area contributed by atoms with Gasteiger partial charge in [-0.3, -0.25) is 0 Å². The molecule has 2 aromatic rings. The van der Waals surface area contributed by atoms with Gasteiger partial charge in [0.2, 0.25) is 5.95 Å². The molecule has 6 nitrogen and oxygen atoms in total. The number of halogens is 1. The molecular formula is C12H16ClN5O. The van der Waals surface area contributed by atoms with Crippen molar-refractivity contribution in [3.8, 4) is 0 Å². The van der Waals surface area contributed by atoms with Crippen molar-refractivity contribution in [2.24, 2.45) is 5.73 Å². The Kier molecular flexibility index (Phi) is 3.30. The monoisotopic (exact) mass is 281 g/mol. The molecule has 0 aromatic carbocycles. The van der Waals surface area contributed by atoms with E-state index in [9.17, 15) is 0 Å².